The lowest BCUT2D eigenvalue weighted by molar-refractivity contribution is 1.10. The molecule has 0 spiro atoms. The van der Waals surface area contributed by atoms with E-state index < -0.39 is 0 Å². The quantitative estimate of drug-likeness (QED) is 0.593. The van der Waals surface area contributed by atoms with Crippen molar-refractivity contribution in [2.75, 3.05) is 7.05 Å². The maximum atomic E-state index is 4.03. The number of rotatable bonds is 2. The molecule has 3 heteroatoms. The number of nitrogens with zero attached hydrogens (tertiary/aromatic N) is 2. The second-order valence-corrected chi connectivity index (χ2v) is 2.17. The molecule has 0 N–H and O–H groups in total. The monoisotopic (exact) mass is 127 g/mol. The maximum absolute atomic E-state index is 4.03. The molecule has 0 bridgehead atoms. The van der Waals surface area contributed by atoms with Crippen molar-refractivity contribution in [1.29, 1.82) is 0 Å². The molecule has 8 heavy (non-hydrogen) atoms. The fraction of sp³-hybridized carbons (Fsp3) is 0.400. The van der Waals surface area contributed by atoms with E-state index in [1.54, 1.807) is 18.4 Å². The Bertz CT molecular complexity index is 136. The molecule has 44 valence electrons. The topological polar surface area (TPSA) is 27.0 Å². The lowest BCUT2D eigenvalue weighted by Crippen LogP contribution is -1.78. The standard InChI is InChI=1S/C5H7N2S/c1-6-2-5-3-8-4-7-5/h3-4H,2H2,1H3/q-1. The highest BCUT2D eigenvalue weighted by molar-refractivity contribution is 7.07. The average Bonchev–Trinajstić information content (AvgIpc) is 2.19. The fourth-order valence-corrected chi connectivity index (χ4v) is 1.03. The highest BCUT2D eigenvalue weighted by atomic mass is 32.1. The van der Waals surface area contributed by atoms with Gasteiger partial charge >= 0.3 is 0 Å². The molecule has 1 aromatic heterocycles. The smallest absolute Gasteiger partial charge is 0.0793 e. The van der Waals surface area contributed by atoms with Gasteiger partial charge in [0.2, 0.25) is 0 Å². The van der Waals surface area contributed by atoms with Crippen LogP contribution in [0.15, 0.2) is 10.9 Å². The molecular formula is C5H7N2S-. The molecule has 0 saturated carbocycles. The molecule has 0 fully saturated rings. The summed E-state index contributed by atoms with van der Waals surface area (Å²) >= 11 is 1.61. The first-order valence-corrected chi connectivity index (χ1v) is 3.30. The first-order chi connectivity index (χ1) is 3.93. The third-order valence-electron chi connectivity index (χ3n) is 0.804. The Hall–Kier alpha value is -0.410. The highest BCUT2D eigenvalue weighted by Crippen LogP contribution is 2.02. The molecule has 0 amide bonds. The third kappa shape index (κ3) is 1.28. The molecule has 0 aromatic carbocycles. The summed E-state index contributed by atoms with van der Waals surface area (Å²) in [6.07, 6.45) is 0. The van der Waals surface area contributed by atoms with E-state index in [1.165, 1.54) is 0 Å². The lowest BCUT2D eigenvalue weighted by atomic mass is 10.5. The Kier molecular flexibility index (Phi) is 2.00. The Balaban J connectivity index is 2.50. The number of aromatic nitrogens is 1. The first-order valence-electron chi connectivity index (χ1n) is 2.36. The summed E-state index contributed by atoms with van der Waals surface area (Å²) in [6, 6.07) is 0. The van der Waals surface area contributed by atoms with Gasteiger partial charge in [0, 0.05) is 11.1 Å². The summed E-state index contributed by atoms with van der Waals surface area (Å²) in [4.78, 5) is 4.03. The average molecular weight is 127 g/mol. The molecule has 0 aliphatic rings. The van der Waals surface area contributed by atoms with Gasteiger partial charge in [-0.3, -0.25) is 4.98 Å². The van der Waals surface area contributed by atoms with Gasteiger partial charge in [0.1, 0.15) is 0 Å². The Morgan fingerprint density at radius 3 is 3.25 bits per heavy atom. The summed E-state index contributed by atoms with van der Waals surface area (Å²) in [7, 11) is 1.79. The van der Waals surface area contributed by atoms with Crippen LogP contribution in [0.25, 0.3) is 5.32 Å². The van der Waals surface area contributed by atoms with Gasteiger partial charge in [0.25, 0.3) is 0 Å². The van der Waals surface area contributed by atoms with Gasteiger partial charge < -0.3 is 5.32 Å². The first kappa shape index (κ1) is 5.72. The van der Waals surface area contributed by atoms with Crippen LogP contribution in [-0.2, 0) is 6.54 Å². The van der Waals surface area contributed by atoms with Crippen LogP contribution in [0.2, 0.25) is 0 Å². The predicted octanol–water partition coefficient (Wildman–Crippen LogP) is 1.65. The minimum Gasteiger partial charge on any atom is -0.660 e. The van der Waals surface area contributed by atoms with E-state index in [4.69, 9.17) is 0 Å². The van der Waals surface area contributed by atoms with Crippen LogP contribution in [0.3, 0.4) is 0 Å². The molecule has 2 nitrogen and oxygen atoms in total. The number of thiazole rings is 1. The van der Waals surface area contributed by atoms with Gasteiger partial charge in [-0.15, -0.1) is 17.9 Å². The summed E-state index contributed by atoms with van der Waals surface area (Å²) in [5.41, 5.74) is 2.89. The molecule has 1 aromatic rings. The Morgan fingerprint density at radius 1 is 1.88 bits per heavy atom. The molecule has 0 atom stereocenters. The van der Waals surface area contributed by atoms with E-state index in [9.17, 15) is 0 Å². The SMILES string of the molecule is C[N-]Cc1cscn1. The summed E-state index contributed by atoms with van der Waals surface area (Å²) in [6.45, 7) is 0.753. The van der Waals surface area contributed by atoms with E-state index >= 15 is 0 Å². The second-order valence-electron chi connectivity index (χ2n) is 1.45. The van der Waals surface area contributed by atoms with E-state index in [0.29, 0.717) is 0 Å². The van der Waals surface area contributed by atoms with E-state index in [2.05, 4.69) is 10.3 Å². The van der Waals surface area contributed by atoms with Crippen molar-refractivity contribution in [2.24, 2.45) is 0 Å². The van der Waals surface area contributed by atoms with Crippen LogP contribution in [0, 0.1) is 0 Å². The molecule has 1 heterocycles. The van der Waals surface area contributed by atoms with Crippen molar-refractivity contribution in [1.82, 2.24) is 4.98 Å². The van der Waals surface area contributed by atoms with Gasteiger partial charge in [0.15, 0.2) is 0 Å². The summed E-state index contributed by atoms with van der Waals surface area (Å²) in [5.74, 6) is 0. The Morgan fingerprint density at radius 2 is 2.75 bits per heavy atom. The van der Waals surface area contributed by atoms with Crippen LogP contribution in [0.1, 0.15) is 5.69 Å². The molecule has 0 unspecified atom stereocenters. The minimum absolute atomic E-state index is 0.753. The molecule has 0 aliphatic carbocycles. The van der Waals surface area contributed by atoms with Crippen molar-refractivity contribution >= 4 is 11.3 Å². The van der Waals surface area contributed by atoms with Gasteiger partial charge in [-0.1, -0.05) is 0 Å². The molecule has 0 aliphatic heterocycles. The minimum atomic E-state index is 0.753. The molecule has 0 saturated heterocycles. The predicted molar refractivity (Wildman–Crippen MR) is 35.1 cm³/mol. The number of hydrogen-bond donors (Lipinski definition) is 0. The Labute approximate surface area is 52.6 Å². The van der Waals surface area contributed by atoms with Gasteiger partial charge in [-0.05, 0) is 0 Å². The van der Waals surface area contributed by atoms with Gasteiger partial charge in [-0.2, -0.15) is 7.05 Å². The zero-order chi connectivity index (χ0) is 5.82. The third-order valence-corrected chi connectivity index (χ3v) is 1.44. The van der Waals surface area contributed by atoms with Crippen molar-refractivity contribution in [2.45, 2.75) is 6.54 Å². The highest BCUT2D eigenvalue weighted by Gasteiger charge is 1.81. The van der Waals surface area contributed by atoms with Crippen molar-refractivity contribution in [3.63, 3.8) is 0 Å². The zero-order valence-corrected chi connectivity index (χ0v) is 5.48. The van der Waals surface area contributed by atoms with Crippen LogP contribution in [0.5, 0.6) is 0 Å². The number of hydrogen-bond acceptors (Lipinski definition) is 2. The molecular weight excluding hydrogens is 120 g/mol. The van der Waals surface area contributed by atoms with E-state index in [0.717, 1.165) is 12.2 Å². The summed E-state index contributed by atoms with van der Waals surface area (Å²) in [5, 5.41) is 5.93. The van der Waals surface area contributed by atoms with Crippen molar-refractivity contribution in [3.8, 4) is 0 Å². The van der Waals surface area contributed by atoms with Gasteiger partial charge in [-0.25, -0.2) is 0 Å². The van der Waals surface area contributed by atoms with Crippen LogP contribution < -0.4 is 0 Å². The normalized spacial score (nSPS) is 9.62. The lowest BCUT2D eigenvalue weighted by Gasteiger charge is -2.05. The largest absolute Gasteiger partial charge is 0.660 e. The molecule has 0 radical (unpaired) electrons. The van der Waals surface area contributed by atoms with E-state index in [-0.39, 0.29) is 0 Å². The van der Waals surface area contributed by atoms with Crippen molar-refractivity contribution in [3.05, 3.63) is 21.9 Å². The van der Waals surface area contributed by atoms with Crippen molar-refractivity contribution < 1.29 is 0 Å². The van der Waals surface area contributed by atoms with Gasteiger partial charge in [0.05, 0.1) is 5.51 Å². The van der Waals surface area contributed by atoms with E-state index in [1.807, 2.05) is 10.9 Å². The van der Waals surface area contributed by atoms with Crippen LogP contribution in [0.4, 0.5) is 0 Å². The zero-order valence-electron chi connectivity index (χ0n) is 4.66. The molecule has 1 rings (SSSR count). The van der Waals surface area contributed by atoms with Crippen LogP contribution >= 0.6 is 11.3 Å². The fourth-order valence-electron chi connectivity index (χ4n) is 0.478. The maximum Gasteiger partial charge on any atom is 0.0793 e. The second kappa shape index (κ2) is 2.79. The summed E-state index contributed by atoms with van der Waals surface area (Å²) < 4.78 is 0. The van der Waals surface area contributed by atoms with Crippen LogP contribution in [-0.4, -0.2) is 12.0 Å².